The zero-order chi connectivity index (χ0) is 14.5. The second-order valence-corrected chi connectivity index (χ2v) is 5.02. The third kappa shape index (κ3) is 3.69. The fourth-order valence-corrected chi connectivity index (χ4v) is 2.03. The molecule has 0 unspecified atom stereocenters. The number of urea groups is 1. The van der Waals surface area contributed by atoms with Gasteiger partial charge in [-0.3, -0.25) is 0 Å². The Morgan fingerprint density at radius 3 is 2.85 bits per heavy atom. The third-order valence-electron chi connectivity index (χ3n) is 3.21. The van der Waals surface area contributed by atoms with E-state index in [9.17, 15) is 9.59 Å². The largest absolute Gasteiger partial charge is 0.476 e. The topological polar surface area (TPSA) is 82.5 Å². The van der Waals surface area contributed by atoms with Gasteiger partial charge < -0.3 is 15.3 Å². The van der Waals surface area contributed by atoms with Gasteiger partial charge in [0.15, 0.2) is 5.69 Å². The number of pyridine rings is 1. The molecule has 1 heterocycles. The average Bonchev–Trinajstić information content (AvgIpc) is 3.22. The summed E-state index contributed by atoms with van der Waals surface area (Å²) in [5.74, 6) is -0.551. The number of anilines is 1. The van der Waals surface area contributed by atoms with Crippen LogP contribution in [0.2, 0.25) is 0 Å². The van der Waals surface area contributed by atoms with E-state index in [-0.39, 0.29) is 17.4 Å². The minimum Gasteiger partial charge on any atom is -0.476 e. The molecule has 1 aromatic heterocycles. The Morgan fingerprint density at radius 1 is 1.50 bits per heavy atom. The Hall–Kier alpha value is -2.11. The molecule has 6 nitrogen and oxygen atoms in total. The highest BCUT2D eigenvalue weighted by atomic mass is 16.4. The van der Waals surface area contributed by atoms with Crippen LogP contribution in [0.15, 0.2) is 18.3 Å². The lowest BCUT2D eigenvalue weighted by atomic mass is 10.3. The van der Waals surface area contributed by atoms with E-state index in [0.717, 1.165) is 13.0 Å². The van der Waals surface area contributed by atoms with Crippen LogP contribution in [0.5, 0.6) is 0 Å². The van der Waals surface area contributed by atoms with Gasteiger partial charge in [0.1, 0.15) is 0 Å². The second-order valence-electron chi connectivity index (χ2n) is 5.02. The first-order valence-corrected chi connectivity index (χ1v) is 6.86. The van der Waals surface area contributed by atoms with Crippen LogP contribution in [0.4, 0.5) is 10.5 Å². The molecule has 0 bridgehead atoms. The van der Waals surface area contributed by atoms with Gasteiger partial charge in [0.25, 0.3) is 0 Å². The number of carboxylic acids is 1. The van der Waals surface area contributed by atoms with Crippen molar-refractivity contribution in [2.75, 3.05) is 18.4 Å². The molecule has 6 heteroatoms. The summed E-state index contributed by atoms with van der Waals surface area (Å²) in [6.07, 6.45) is 4.60. The molecular formula is C14H19N3O3. The predicted molar refractivity (Wildman–Crippen MR) is 74.8 cm³/mol. The predicted octanol–water partition coefficient (Wildman–Crippen LogP) is 2.43. The molecule has 1 aromatic rings. The summed E-state index contributed by atoms with van der Waals surface area (Å²) in [5.41, 5.74) is 0.102. The summed E-state index contributed by atoms with van der Waals surface area (Å²) in [6.45, 7) is 3.42. The number of amides is 2. The van der Waals surface area contributed by atoms with Gasteiger partial charge in [0, 0.05) is 19.3 Å². The number of hydrogen-bond donors (Lipinski definition) is 2. The van der Waals surface area contributed by atoms with E-state index in [1.54, 1.807) is 17.0 Å². The molecule has 0 saturated heterocycles. The van der Waals surface area contributed by atoms with Crippen LogP contribution in [-0.4, -0.2) is 40.1 Å². The maximum atomic E-state index is 12.2. The highest BCUT2D eigenvalue weighted by Gasteiger charge is 2.27. The molecule has 1 fully saturated rings. The van der Waals surface area contributed by atoms with E-state index in [1.807, 2.05) is 6.92 Å². The second kappa shape index (κ2) is 6.36. The molecule has 1 aliphatic rings. The zero-order valence-electron chi connectivity index (χ0n) is 11.5. The van der Waals surface area contributed by atoms with Crippen molar-refractivity contribution in [1.29, 1.82) is 0 Å². The zero-order valence-corrected chi connectivity index (χ0v) is 11.5. The van der Waals surface area contributed by atoms with Crippen LogP contribution in [0.3, 0.4) is 0 Å². The molecule has 0 atom stereocenters. The molecule has 2 N–H and O–H groups in total. The first-order valence-electron chi connectivity index (χ1n) is 6.86. The van der Waals surface area contributed by atoms with Crippen LogP contribution in [0.1, 0.15) is 36.7 Å². The Bertz CT molecular complexity index is 500. The van der Waals surface area contributed by atoms with Crippen LogP contribution < -0.4 is 5.32 Å². The molecule has 0 aromatic carbocycles. The third-order valence-corrected chi connectivity index (χ3v) is 3.21. The van der Waals surface area contributed by atoms with Gasteiger partial charge in [0.2, 0.25) is 0 Å². The summed E-state index contributed by atoms with van der Waals surface area (Å²) in [6, 6.07) is 2.90. The van der Waals surface area contributed by atoms with Crippen molar-refractivity contribution in [2.24, 2.45) is 5.92 Å². The molecule has 2 amide bonds. The van der Waals surface area contributed by atoms with E-state index in [1.165, 1.54) is 19.0 Å². The minimum absolute atomic E-state index is 0.135. The van der Waals surface area contributed by atoms with Gasteiger partial charge in [0.05, 0.1) is 5.69 Å². The SMILES string of the molecule is CCCN(CC1CC1)C(=O)Nc1cccnc1C(=O)O. The van der Waals surface area contributed by atoms with Crippen molar-refractivity contribution in [1.82, 2.24) is 9.88 Å². The summed E-state index contributed by atoms with van der Waals surface area (Å²) in [5, 5.41) is 11.7. The van der Waals surface area contributed by atoms with Crippen molar-refractivity contribution in [2.45, 2.75) is 26.2 Å². The standard InChI is InChI=1S/C14H19N3O3/c1-2-8-17(9-10-5-6-10)14(20)16-11-4-3-7-15-12(11)13(18)19/h3-4,7,10H,2,5-6,8-9H2,1H3,(H,16,20)(H,18,19). The lowest BCUT2D eigenvalue weighted by Gasteiger charge is -2.22. The number of carboxylic acid groups (broad SMARTS) is 1. The van der Waals surface area contributed by atoms with Gasteiger partial charge >= 0.3 is 12.0 Å². The first-order chi connectivity index (χ1) is 9.61. The first kappa shape index (κ1) is 14.3. The number of hydrogen-bond acceptors (Lipinski definition) is 3. The number of nitrogens with zero attached hydrogens (tertiary/aromatic N) is 2. The summed E-state index contributed by atoms with van der Waals surface area (Å²) >= 11 is 0. The van der Waals surface area contributed by atoms with E-state index in [2.05, 4.69) is 10.3 Å². The van der Waals surface area contributed by atoms with Crippen LogP contribution >= 0.6 is 0 Å². The van der Waals surface area contributed by atoms with E-state index in [0.29, 0.717) is 12.5 Å². The number of aromatic nitrogens is 1. The number of aromatic carboxylic acids is 1. The number of carbonyl (C=O) groups is 2. The lowest BCUT2D eigenvalue weighted by Crippen LogP contribution is -2.37. The van der Waals surface area contributed by atoms with Crippen molar-refractivity contribution in [3.05, 3.63) is 24.0 Å². The van der Waals surface area contributed by atoms with Crippen LogP contribution in [0, 0.1) is 5.92 Å². The summed E-state index contributed by atoms with van der Waals surface area (Å²) in [7, 11) is 0. The van der Waals surface area contributed by atoms with Crippen molar-refractivity contribution < 1.29 is 14.7 Å². The molecule has 0 aliphatic heterocycles. The Balaban J connectivity index is 2.06. The van der Waals surface area contributed by atoms with E-state index < -0.39 is 5.97 Å². The van der Waals surface area contributed by atoms with Crippen molar-refractivity contribution >= 4 is 17.7 Å². The van der Waals surface area contributed by atoms with Gasteiger partial charge in [-0.1, -0.05) is 6.92 Å². The van der Waals surface area contributed by atoms with Crippen molar-refractivity contribution in [3.8, 4) is 0 Å². The molecule has 2 rings (SSSR count). The van der Waals surface area contributed by atoms with Gasteiger partial charge in [-0.05, 0) is 37.3 Å². The molecule has 0 radical (unpaired) electrons. The fourth-order valence-electron chi connectivity index (χ4n) is 2.03. The van der Waals surface area contributed by atoms with E-state index in [4.69, 9.17) is 5.11 Å². The number of nitrogens with one attached hydrogen (secondary N) is 1. The lowest BCUT2D eigenvalue weighted by molar-refractivity contribution is 0.0691. The highest BCUT2D eigenvalue weighted by molar-refractivity contribution is 5.98. The minimum atomic E-state index is -1.15. The van der Waals surface area contributed by atoms with Crippen LogP contribution in [-0.2, 0) is 0 Å². The van der Waals surface area contributed by atoms with Crippen LogP contribution in [0.25, 0.3) is 0 Å². The summed E-state index contributed by atoms with van der Waals surface area (Å²) in [4.78, 5) is 28.8. The quantitative estimate of drug-likeness (QED) is 0.836. The molecular weight excluding hydrogens is 258 g/mol. The number of rotatable bonds is 6. The Kier molecular flexibility index (Phi) is 4.55. The molecule has 20 heavy (non-hydrogen) atoms. The smallest absolute Gasteiger partial charge is 0.356 e. The fraction of sp³-hybridized carbons (Fsp3) is 0.500. The molecule has 1 saturated carbocycles. The maximum Gasteiger partial charge on any atom is 0.356 e. The van der Waals surface area contributed by atoms with Gasteiger partial charge in [-0.2, -0.15) is 0 Å². The normalized spacial score (nSPS) is 13.8. The van der Waals surface area contributed by atoms with E-state index >= 15 is 0 Å². The Morgan fingerprint density at radius 2 is 2.25 bits per heavy atom. The molecule has 1 aliphatic carbocycles. The molecule has 0 spiro atoms. The monoisotopic (exact) mass is 277 g/mol. The number of carbonyl (C=O) groups excluding carboxylic acids is 1. The molecule has 108 valence electrons. The van der Waals surface area contributed by atoms with Crippen molar-refractivity contribution in [3.63, 3.8) is 0 Å². The summed E-state index contributed by atoms with van der Waals surface area (Å²) < 4.78 is 0. The average molecular weight is 277 g/mol. The highest BCUT2D eigenvalue weighted by Crippen LogP contribution is 2.30. The van der Waals surface area contributed by atoms with Gasteiger partial charge in [-0.15, -0.1) is 0 Å². The van der Waals surface area contributed by atoms with Gasteiger partial charge in [-0.25, -0.2) is 14.6 Å². The Labute approximate surface area is 117 Å². The maximum absolute atomic E-state index is 12.2.